The van der Waals surface area contributed by atoms with E-state index >= 15 is 0 Å². The Bertz CT molecular complexity index is 616. The standard InChI is InChI=1S/C16H17NO4/c1-10(19)11-4-6-12(7-5-11)17-14(20)8-13(15(17)21)16(2,3)9-18/h4-7,9,13H,8H2,1-3H3/t13-/m1/s1. The SMILES string of the molecule is CC(=O)c1ccc(N2C(=O)C[C@@H](C(C)(C)C=O)C2=O)cc1. The Morgan fingerprint density at radius 1 is 1.24 bits per heavy atom. The average Bonchev–Trinajstić information content (AvgIpc) is 2.75. The molecule has 0 saturated carbocycles. The van der Waals surface area contributed by atoms with Crippen molar-refractivity contribution < 1.29 is 19.2 Å². The number of Topliss-reactive ketones (excluding diaryl/α,β-unsaturated/α-hetero) is 1. The minimum atomic E-state index is -0.874. The summed E-state index contributed by atoms with van der Waals surface area (Å²) in [6.07, 6.45) is 0.740. The van der Waals surface area contributed by atoms with Crippen molar-refractivity contribution in [3.8, 4) is 0 Å². The van der Waals surface area contributed by atoms with Crippen molar-refractivity contribution in [2.75, 3.05) is 4.90 Å². The van der Waals surface area contributed by atoms with Crippen molar-refractivity contribution in [1.29, 1.82) is 0 Å². The summed E-state index contributed by atoms with van der Waals surface area (Å²) < 4.78 is 0. The highest BCUT2D eigenvalue weighted by atomic mass is 16.2. The van der Waals surface area contributed by atoms with Crippen LogP contribution < -0.4 is 4.90 Å². The van der Waals surface area contributed by atoms with Crippen LogP contribution in [-0.2, 0) is 14.4 Å². The molecule has 0 unspecified atom stereocenters. The van der Waals surface area contributed by atoms with E-state index < -0.39 is 11.3 Å². The molecule has 2 rings (SSSR count). The van der Waals surface area contributed by atoms with Gasteiger partial charge in [-0.05, 0) is 31.2 Å². The number of aldehydes is 1. The van der Waals surface area contributed by atoms with Crippen molar-refractivity contribution in [2.24, 2.45) is 11.3 Å². The number of nitrogens with zero attached hydrogens (tertiary/aromatic N) is 1. The van der Waals surface area contributed by atoms with Gasteiger partial charge in [0.2, 0.25) is 11.8 Å². The first kappa shape index (κ1) is 15.1. The van der Waals surface area contributed by atoms with E-state index in [9.17, 15) is 19.2 Å². The summed E-state index contributed by atoms with van der Waals surface area (Å²) in [6, 6.07) is 6.30. The molecule has 0 aromatic heterocycles. The number of carbonyl (C=O) groups is 4. The first-order chi connectivity index (χ1) is 9.77. The summed E-state index contributed by atoms with van der Waals surface area (Å²) in [5.74, 6) is -1.42. The molecule has 2 amide bonds. The molecule has 21 heavy (non-hydrogen) atoms. The molecule has 1 aliphatic rings. The zero-order valence-electron chi connectivity index (χ0n) is 12.3. The molecule has 1 aromatic carbocycles. The average molecular weight is 287 g/mol. The van der Waals surface area contributed by atoms with Crippen LogP contribution in [-0.4, -0.2) is 23.9 Å². The lowest BCUT2D eigenvalue weighted by molar-refractivity contribution is -0.129. The molecule has 1 atom stereocenters. The van der Waals surface area contributed by atoms with Crippen molar-refractivity contribution in [3.63, 3.8) is 0 Å². The Kier molecular flexibility index (Phi) is 3.77. The number of amides is 2. The molecular formula is C16H17NO4. The lowest BCUT2D eigenvalue weighted by atomic mass is 9.79. The molecule has 1 heterocycles. The van der Waals surface area contributed by atoms with E-state index in [1.807, 2.05) is 0 Å². The lowest BCUT2D eigenvalue weighted by Gasteiger charge is -2.23. The molecule has 0 bridgehead atoms. The van der Waals surface area contributed by atoms with Crippen LogP contribution in [0.4, 0.5) is 5.69 Å². The molecule has 0 N–H and O–H groups in total. The van der Waals surface area contributed by atoms with E-state index in [0.29, 0.717) is 17.5 Å². The first-order valence-corrected chi connectivity index (χ1v) is 6.72. The summed E-state index contributed by atoms with van der Waals surface area (Å²) in [7, 11) is 0. The van der Waals surface area contributed by atoms with Crippen LogP contribution in [0.15, 0.2) is 24.3 Å². The summed E-state index contributed by atoms with van der Waals surface area (Å²) in [5, 5.41) is 0. The molecule has 1 aromatic rings. The minimum Gasteiger partial charge on any atom is -0.303 e. The van der Waals surface area contributed by atoms with Gasteiger partial charge in [-0.15, -0.1) is 0 Å². The van der Waals surface area contributed by atoms with Crippen LogP contribution in [0.1, 0.15) is 37.6 Å². The number of carbonyl (C=O) groups excluding carboxylic acids is 4. The van der Waals surface area contributed by atoms with Gasteiger partial charge in [-0.25, -0.2) is 0 Å². The van der Waals surface area contributed by atoms with Gasteiger partial charge in [0.15, 0.2) is 5.78 Å². The first-order valence-electron chi connectivity index (χ1n) is 6.72. The molecule has 1 aliphatic heterocycles. The van der Waals surface area contributed by atoms with Crippen molar-refractivity contribution in [2.45, 2.75) is 27.2 Å². The molecule has 1 fully saturated rings. The van der Waals surface area contributed by atoms with Crippen molar-refractivity contribution in [3.05, 3.63) is 29.8 Å². The fraction of sp³-hybridized carbons (Fsp3) is 0.375. The van der Waals surface area contributed by atoms with Gasteiger partial charge in [-0.2, -0.15) is 0 Å². The van der Waals surface area contributed by atoms with Gasteiger partial charge in [0.1, 0.15) is 6.29 Å². The fourth-order valence-corrected chi connectivity index (χ4v) is 2.41. The normalized spacial score (nSPS) is 19.0. The van der Waals surface area contributed by atoms with Crippen LogP contribution in [0, 0.1) is 11.3 Å². The Morgan fingerprint density at radius 2 is 1.81 bits per heavy atom. The van der Waals surface area contributed by atoms with E-state index in [-0.39, 0.29) is 24.0 Å². The number of ketones is 1. The predicted molar refractivity (Wildman–Crippen MR) is 76.9 cm³/mol. The van der Waals surface area contributed by atoms with Crippen molar-refractivity contribution >= 4 is 29.6 Å². The maximum atomic E-state index is 12.4. The van der Waals surface area contributed by atoms with Gasteiger partial charge in [-0.1, -0.05) is 13.8 Å². The second-order valence-electron chi connectivity index (χ2n) is 5.87. The minimum absolute atomic E-state index is 0.0268. The second kappa shape index (κ2) is 5.24. The molecule has 110 valence electrons. The van der Waals surface area contributed by atoms with E-state index in [0.717, 1.165) is 4.90 Å². The molecule has 5 heteroatoms. The third kappa shape index (κ3) is 2.63. The molecule has 0 aliphatic carbocycles. The van der Waals surface area contributed by atoms with Gasteiger partial charge >= 0.3 is 0 Å². The Balaban J connectivity index is 2.32. The molecule has 0 radical (unpaired) electrons. The molecule has 0 spiro atoms. The monoisotopic (exact) mass is 287 g/mol. The highest BCUT2D eigenvalue weighted by Crippen LogP contribution is 2.36. The maximum Gasteiger partial charge on any atom is 0.238 e. The number of hydrogen-bond acceptors (Lipinski definition) is 4. The largest absolute Gasteiger partial charge is 0.303 e. The summed E-state index contributed by atoms with van der Waals surface area (Å²) >= 11 is 0. The molecule has 5 nitrogen and oxygen atoms in total. The van der Waals surface area contributed by atoms with E-state index in [2.05, 4.69) is 0 Å². The third-order valence-corrected chi connectivity index (χ3v) is 3.88. The smallest absolute Gasteiger partial charge is 0.238 e. The summed E-state index contributed by atoms with van der Waals surface area (Å²) in [5.41, 5.74) is 0.0719. The van der Waals surface area contributed by atoms with Crippen molar-refractivity contribution in [1.82, 2.24) is 0 Å². The van der Waals surface area contributed by atoms with Crippen LogP contribution in [0.2, 0.25) is 0 Å². The zero-order chi connectivity index (χ0) is 15.8. The van der Waals surface area contributed by atoms with Gasteiger partial charge < -0.3 is 4.79 Å². The highest BCUT2D eigenvalue weighted by Gasteiger charge is 2.47. The van der Waals surface area contributed by atoms with Gasteiger partial charge in [0.05, 0.1) is 11.6 Å². The van der Waals surface area contributed by atoms with E-state index in [1.54, 1.807) is 38.1 Å². The Morgan fingerprint density at radius 3 is 2.29 bits per heavy atom. The number of anilines is 1. The van der Waals surface area contributed by atoms with Gasteiger partial charge in [-0.3, -0.25) is 19.3 Å². The lowest BCUT2D eigenvalue weighted by Crippen LogP contribution is -2.35. The quantitative estimate of drug-likeness (QED) is 0.482. The second-order valence-corrected chi connectivity index (χ2v) is 5.87. The summed E-state index contributed by atoms with van der Waals surface area (Å²) in [4.78, 5) is 48.0. The van der Waals surface area contributed by atoms with E-state index in [1.165, 1.54) is 6.92 Å². The van der Waals surface area contributed by atoms with Gasteiger partial charge in [0.25, 0.3) is 0 Å². The Hall–Kier alpha value is -2.30. The van der Waals surface area contributed by atoms with Crippen LogP contribution in [0.3, 0.4) is 0 Å². The Labute approximate surface area is 122 Å². The topological polar surface area (TPSA) is 71.5 Å². The number of hydrogen-bond donors (Lipinski definition) is 0. The molecular weight excluding hydrogens is 270 g/mol. The maximum absolute atomic E-state index is 12.4. The number of imide groups is 1. The van der Waals surface area contributed by atoms with Gasteiger partial charge in [0, 0.05) is 17.4 Å². The van der Waals surface area contributed by atoms with Crippen LogP contribution >= 0.6 is 0 Å². The van der Waals surface area contributed by atoms with Crippen LogP contribution in [0.25, 0.3) is 0 Å². The predicted octanol–water partition coefficient (Wildman–Crippen LogP) is 1.99. The third-order valence-electron chi connectivity index (χ3n) is 3.88. The zero-order valence-corrected chi connectivity index (χ0v) is 12.3. The number of benzene rings is 1. The summed E-state index contributed by atoms with van der Waals surface area (Å²) in [6.45, 7) is 4.75. The fourth-order valence-electron chi connectivity index (χ4n) is 2.41. The highest BCUT2D eigenvalue weighted by molar-refractivity contribution is 6.21. The van der Waals surface area contributed by atoms with Crippen LogP contribution in [0.5, 0.6) is 0 Å². The molecule has 1 saturated heterocycles. The number of rotatable bonds is 4. The van der Waals surface area contributed by atoms with E-state index in [4.69, 9.17) is 0 Å².